The fourth-order valence-corrected chi connectivity index (χ4v) is 9.55. The zero-order valence-electron chi connectivity index (χ0n) is 34.0. The van der Waals surface area contributed by atoms with E-state index >= 15 is 0 Å². The minimum Gasteiger partial charge on any atom is -0.394 e. The average molecular weight is 885 g/mol. The van der Waals surface area contributed by atoms with Gasteiger partial charge >= 0.3 is 0 Å². The topological polar surface area (TPSA) is 357 Å². The molecule has 0 spiro atoms. The minimum atomic E-state index is -1.67. The molecule has 22 nitrogen and oxygen atoms in total. The predicted molar refractivity (Wildman–Crippen MR) is 200 cm³/mol. The number of ether oxygens (including phenoxy) is 8. The average Bonchev–Trinajstić information content (AvgIpc) is 3.89. The van der Waals surface area contributed by atoms with E-state index < -0.39 is 155 Å². The maximum absolute atomic E-state index is 10.9. The molecule has 352 valence electrons. The third-order valence-electron chi connectivity index (χ3n) is 13.2. The molecule has 1 saturated carbocycles. The highest BCUT2D eigenvalue weighted by Gasteiger charge is 2.54. The molecule has 0 aromatic carbocycles. The first kappa shape index (κ1) is 49.0. The fourth-order valence-electron chi connectivity index (χ4n) is 9.55. The summed E-state index contributed by atoms with van der Waals surface area (Å²) in [5.41, 5.74) is 2.67. The summed E-state index contributed by atoms with van der Waals surface area (Å²) in [6.07, 6.45) is -27.1. The predicted octanol–water partition coefficient (Wildman–Crippen LogP) is -5.89. The van der Waals surface area contributed by atoms with Gasteiger partial charge in [0.15, 0.2) is 25.2 Å². The van der Waals surface area contributed by atoms with Crippen molar-refractivity contribution in [3.8, 4) is 0 Å². The number of aliphatic hydroxyl groups is 14. The molecule has 0 radical (unpaired) electrons. The minimum absolute atomic E-state index is 0.0186. The van der Waals surface area contributed by atoms with Crippen LogP contribution in [0.2, 0.25) is 0 Å². The lowest BCUT2D eigenvalue weighted by atomic mass is 9.60. The van der Waals surface area contributed by atoms with Crippen LogP contribution in [0.5, 0.6) is 0 Å². The van der Waals surface area contributed by atoms with Crippen LogP contribution in [0.4, 0.5) is 0 Å². The Balaban J connectivity index is 1.000. The van der Waals surface area contributed by atoms with Gasteiger partial charge in [-0.05, 0) is 55.9 Å². The molecule has 14 N–H and O–H groups in total. The van der Waals surface area contributed by atoms with Crippen molar-refractivity contribution in [2.24, 2.45) is 11.3 Å². The van der Waals surface area contributed by atoms with Gasteiger partial charge in [-0.2, -0.15) is 0 Å². The molecule has 1 unspecified atom stereocenters. The van der Waals surface area contributed by atoms with Crippen molar-refractivity contribution in [2.45, 2.75) is 175 Å². The van der Waals surface area contributed by atoms with E-state index in [9.17, 15) is 71.5 Å². The molecule has 6 rings (SSSR count). The number of fused-ring (bicyclic) bond motifs is 1. The lowest BCUT2D eigenvalue weighted by Crippen LogP contribution is -2.46. The van der Waals surface area contributed by atoms with Crippen molar-refractivity contribution in [3.05, 3.63) is 23.3 Å². The Morgan fingerprint density at radius 1 is 0.639 bits per heavy atom. The largest absolute Gasteiger partial charge is 0.394 e. The highest BCUT2D eigenvalue weighted by atomic mass is 16.8. The van der Waals surface area contributed by atoms with E-state index in [2.05, 4.69) is 13.5 Å². The van der Waals surface area contributed by atoms with E-state index in [-0.39, 0.29) is 17.9 Å². The molecule has 0 amide bonds. The van der Waals surface area contributed by atoms with Gasteiger partial charge in [0, 0.05) is 0 Å². The van der Waals surface area contributed by atoms with Crippen LogP contribution in [-0.4, -0.2) is 233 Å². The van der Waals surface area contributed by atoms with Crippen molar-refractivity contribution in [1.29, 1.82) is 0 Å². The number of allylic oxidation sites excluding steroid dienone is 1. The van der Waals surface area contributed by atoms with Gasteiger partial charge in [-0.3, -0.25) is 0 Å². The Labute approximate surface area is 351 Å². The van der Waals surface area contributed by atoms with E-state index in [1.165, 1.54) is 5.57 Å². The van der Waals surface area contributed by atoms with Gasteiger partial charge in [-0.1, -0.05) is 24.6 Å². The summed E-state index contributed by atoms with van der Waals surface area (Å²) < 4.78 is 45.7. The standard InChI is InChI=1S/C39H64O22/c1-14-6-17(55-36-30(53)26(49)34(61-36)22(12-43)57-38-29(52)24(47)32(59-38)20(45)10-41)8-39(3)5-4-16(7-18(14)39)15(2)13-54-35-27(50)25(48)33(60-35)21(11-42)56-37-28(51)23(46)31(58-37)19(44)9-40/h16-17,19-38,40-53H,2,4-13H2,1,3H3/t16?,17-,19-,20-,21-,22-,23-,24-,25-,26-,27-,28-,29-,30-,31+,32+,33+,34+,35-,36-,37-,38-,39-/m1/s1. The fraction of sp³-hybridized carbons (Fsp3) is 0.897. The first-order valence-electron chi connectivity index (χ1n) is 20.7. The van der Waals surface area contributed by atoms with Gasteiger partial charge in [-0.15, -0.1) is 0 Å². The van der Waals surface area contributed by atoms with Gasteiger partial charge in [0.05, 0.1) is 39.1 Å². The molecule has 6 aliphatic rings. The van der Waals surface area contributed by atoms with Crippen LogP contribution in [0.15, 0.2) is 23.3 Å². The summed E-state index contributed by atoms with van der Waals surface area (Å²) in [5.74, 6) is -0.0186. The molecule has 22 heteroatoms. The SMILES string of the molecule is C=C(CO[C@@H]1O[C@@H]([C@@H](CO)O[C@@H]2O[C@@H]([C@H](O)CO)[C@H](O)[C@H]2O)[C@H](O)[C@H]1O)C1CC[C@]2(C)C[C@H](O[C@@H]3O[C@@H]([C@@H](CO)O[C@@H]4O[C@@H]([C@H](O)CO)[C@H](O)[C@H]4O)[C@H](O)[C@H]3O)CC(C)=C2C1. The molecule has 5 fully saturated rings. The molecular weight excluding hydrogens is 820 g/mol. The van der Waals surface area contributed by atoms with Crippen molar-refractivity contribution in [3.63, 3.8) is 0 Å². The van der Waals surface area contributed by atoms with Crippen molar-refractivity contribution < 1.29 is 109 Å². The third-order valence-corrected chi connectivity index (χ3v) is 13.2. The lowest BCUT2D eigenvalue weighted by Gasteiger charge is -2.47. The van der Waals surface area contributed by atoms with Gasteiger partial charge in [-0.25, -0.2) is 0 Å². The van der Waals surface area contributed by atoms with Gasteiger partial charge in [0.2, 0.25) is 0 Å². The van der Waals surface area contributed by atoms with Crippen molar-refractivity contribution >= 4 is 0 Å². The number of aliphatic hydroxyl groups excluding tert-OH is 14. The quantitative estimate of drug-likeness (QED) is 0.0570. The van der Waals surface area contributed by atoms with E-state index in [1.54, 1.807) is 0 Å². The second-order valence-electron chi connectivity index (χ2n) is 17.4. The summed E-state index contributed by atoms with van der Waals surface area (Å²) in [7, 11) is 0. The molecule has 0 aromatic rings. The van der Waals surface area contributed by atoms with E-state index in [1.807, 2.05) is 6.92 Å². The van der Waals surface area contributed by atoms with Crippen LogP contribution in [-0.2, 0) is 37.9 Å². The third kappa shape index (κ3) is 10.1. The molecular formula is C39H64O22. The second-order valence-corrected chi connectivity index (χ2v) is 17.4. The highest BCUT2D eigenvalue weighted by Crippen LogP contribution is 2.53. The number of rotatable bonds is 18. The smallest absolute Gasteiger partial charge is 0.187 e. The maximum Gasteiger partial charge on any atom is 0.187 e. The zero-order chi connectivity index (χ0) is 44.7. The van der Waals surface area contributed by atoms with Crippen LogP contribution >= 0.6 is 0 Å². The zero-order valence-corrected chi connectivity index (χ0v) is 34.0. The molecule has 4 saturated heterocycles. The summed E-state index contributed by atoms with van der Waals surface area (Å²) in [5, 5.41) is 143. The molecule has 0 bridgehead atoms. The highest BCUT2D eigenvalue weighted by molar-refractivity contribution is 5.29. The summed E-state index contributed by atoms with van der Waals surface area (Å²) in [4.78, 5) is 0. The lowest BCUT2D eigenvalue weighted by molar-refractivity contribution is -0.249. The molecule has 2 aliphatic carbocycles. The Kier molecular flexibility index (Phi) is 16.4. The molecule has 0 aromatic heterocycles. The first-order chi connectivity index (χ1) is 28.9. The molecule has 23 atom stereocenters. The Hall–Kier alpha value is -1.40. The number of hydrogen-bond acceptors (Lipinski definition) is 22. The summed E-state index contributed by atoms with van der Waals surface area (Å²) in [6.45, 7) is 5.29. The Morgan fingerprint density at radius 3 is 1.57 bits per heavy atom. The normalized spacial score (nSPS) is 46.2. The van der Waals surface area contributed by atoms with Gasteiger partial charge in [0.25, 0.3) is 0 Å². The maximum atomic E-state index is 10.9. The van der Waals surface area contributed by atoms with E-state index in [0.717, 1.165) is 12.0 Å². The van der Waals surface area contributed by atoms with Crippen LogP contribution in [0.1, 0.15) is 46.0 Å². The van der Waals surface area contributed by atoms with E-state index in [0.29, 0.717) is 31.3 Å². The van der Waals surface area contributed by atoms with Gasteiger partial charge in [0.1, 0.15) is 97.7 Å². The van der Waals surface area contributed by atoms with Crippen LogP contribution < -0.4 is 0 Å². The number of hydrogen-bond donors (Lipinski definition) is 14. The molecule has 4 aliphatic heterocycles. The van der Waals surface area contributed by atoms with Gasteiger partial charge < -0.3 is 109 Å². The van der Waals surface area contributed by atoms with Crippen LogP contribution in [0, 0.1) is 11.3 Å². The van der Waals surface area contributed by atoms with E-state index in [4.69, 9.17) is 37.9 Å². The van der Waals surface area contributed by atoms with Crippen LogP contribution in [0.25, 0.3) is 0 Å². The van der Waals surface area contributed by atoms with Crippen molar-refractivity contribution in [1.82, 2.24) is 0 Å². The van der Waals surface area contributed by atoms with Crippen molar-refractivity contribution in [2.75, 3.05) is 33.0 Å². The van der Waals surface area contributed by atoms with Crippen LogP contribution in [0.3, 0.4) is 0 Å². The summed E-state index contributed by atoms with van der Waals surface area (Å²) >= 11 is 0. The molecule has 4 heterocycles. The monoisotopic (exact) mass is 884 g/mol. The Morgan fingerprint density at radius 2 is 1.08 bits per heavy atom. The second kappa shape index (κ2) is 20.4. The Bertz CT molecular complexity index is 1490. The molecule has 61 heavy (non-hydrogen) atoms. The summed E-state index contributed by atoms with van der Waals surface area (Å²) in [6, 6.07) is 0. The first-order valence-corrected chi connectivity index (χ1v) is 20.7.